The maximum Gasteiger partial charge on any atom is 0.259 e. The number of anilines is 1. The highest BCUT2D eigenvalue weighted by Gasteiger charge is 2.21. The highest BCUT2D eigenvalue weighted by atomic mass is 16.3. The van der Waals surface area contributed by atoms with Crippen molar-refractivity contribution in [3.8, 4) is 0 Å². The second-order valence-electron chi connectivity index (χ2n) is 5.68. The van der Waals surface area contributed by atoms with Gasteiger partial charge in [-0.3, -0.25) is 9.78 Å². The molecule has 4 aromatic rings. The first kappa shape index (κ1) is 15.1. The number of fused-ring (bicyclic) bond motifs is 1. The molecular weight excluding hydrogens is 312 g/mol. The van der Waals surface area contributed by atoms with Gasteiger partial charge in [0.25, 0.3) is 5.91 Å². The zero-order valence-corrected chi connectivity index (χ0v) is 13.5. The second-order valence-corrected chi connectivity index (χ2v) is 5.68. The molecule has 2 aromatic heterocycles. The van der Waals surface area contributed by atoms with Crippen LogP contribution in [0.5, 0.6) is 0 Å². The van der Waals surface area contributed by atoms with Crippen LogP contribution in [0.25, 0.3) is 10.9 Å². The Labute approximate surface area is 145 Å². The number of para-hydroxylation sites is 2. The van der Waals surface area contributed by atoms with Crippen molar-refractivity contribution in [3.63, 3.8) is 0 Å². The van der Waals surface area contributed by atoms with Crippen LogP contribution in [0, 0.1) is 0 Å². The fourth-order valence-corrected chi connectivity index (χ4v) is 2.87. The summed E-state index contributed by atoms with van der Waals surface area (Å²) in [5.41, 5.74) is 2.25. The molecule has 1 amide bonds. The number of benzene rings is 2. The van der Waals surface area contributed by atoms with Crippen LogP contribution in [0.4, 0.5) is 5.69 Å². The summed E-state index contributed by atoms with van der Waals surface area (Å²) in [6.45, 7) is 0.368. The van der Waals surface area contributed by atoms with Gasteiger partial charge in [0, 0.05) is 17.3 Å². The number of carbonyl (C=O) groups is 1. The first-order valence-electron chi connectivity index (χ1n) is 8.06. The summed E-state index contributed by atoms with van der Waals surface area (Å²) in [7, 11) is 0. The van der Waals surface area contributed by atoms with Crippen molar-refractivity contribution in [1.29, 1.82) is 0 Å². The van der Waals surface area contributed by atoms with Gasteiger partial charge in [-0.15, -0.1) is 0 Å². The van der Waals surface area contributed by atoms with Gasteiger partial charge in [-0.05, 0) is 36.4 Å². The Morgan fingerprint density at radius 3 is 2.52 bits per heavy atom. The smallest absolute Gasteiger partial charge is 0.259 e. The van der Waals surface area contributed by atoms with E-state index in [-0.39, 0.29) is 5.91 Å². The molecule has 0 bridgehead atoms. The summed E-state index contributed by atoms with van der Waals surface area (Å²) in [6, 6.07) is 22.7. The molecule has 4 nitrogen and oxygen atoms in total. The Morgan fingerprint density at radius 1 is 0.920 bits per heavy atom. The quantitative estimate of drug-likeness (QED) is 0.547. The summed E-state index contributed by atoms with van der Waals surface area (Å²) in [4.78, 5) is 19.4. The molecule has 0 atom stereocenters. The summed E-state index contributed by atoms with van der Waals surface area (Å²) in [5, 5.41) is 0.843. The van der Waals surface area contributed by atoms with Gasteiger partial charge in [0.2, 0.25) is 0 Å². The van der Waals surface area contributed by atoms with E-state index in [9.17, 15) is 4.79 Å². The van der Waals surface area contributed by atoms with Crippen LogP contribution in [0.3, 0.4) is 0 Å². The minimum atomic E-state index is -0.0822. The number of rotatable bonds is 4. The van der Waals surface area contributed by atoms with Crippen LogP contribution in [0.1, 0.15) is 16.1 Å². The molecule has 4 heteroatoms. The van der Waals surface area contributed by atoms with Gasteiger partial charge in [0.15, 0.2) is 0 Å². The minimum Gasteiger partial charge on any atom is -0.467 e. The maximum absolute atomic E-state index is 13.3. The molecule has 0 aliphatic heterocycles. The molecular formula is C21H16N2O2. The summed E-state index contributed by atoms with van der Waals surface area (Å²) in [6.07, 6.45) is 3.29. The Hall–Kier alpha value is -3.40. The zero-order chi connectivity index (χ0) is 17.1. The van der Waals surface area contributed by atoms with Crippen molar-refractivity contribution in [2.45, 2.75) is 6.54 Å². The molecule has 0 aliphatic rings. The molecule has 4 rings (SSSR count). The van der Waals surface area contributed by atoms with Crippen LogP contribution >= 0.6 is 0 Å². The van der Waals surface area contributed by atoms with E-state index in [1.54, 1.807) is 23.4 Å². The Bertz CT molecular complexity index is 990. The first-order valence-corrected chi connectivity index (χ1v) is 8.06. The molecule has 0 unspecified atom stereocenters. The number of hydrogen-bond donors (Lipinski definition) is 0. The molecule has 2 heterocycles. The summed E-state index contributed by atoms with van der Waals surface area (Å²) in [5.74, 6) is 0.650. The lowest BCUT2D eigenvalue weighted by Gasteiger charge is -2.22. The number of carbonyl (C=O) groups excluding carboxylic acids is 1. The third-order valence-electron chi connectivity index (χ3n) is 4.09. The topological polar surface area (TPSA) is 46.3 Å². The number of amides is 1. The third-order valence-corrected chi connectivity index (χ3v) is 4.09. The van der Waals surface area contributed by atoms with Crippen molar-refractivity contribution < 1.29 is 9.21 Å². The molecule has 0 saturated heterocycles. The minimum absolute atomic E-state index is 0.0822. The molecule has 25 heavy (non-hydrogen) atoms. The second kappa shape index (κ2) is 6.61. The molecule has 0 N–H and O–H groups in total. The third kappa shape index (κ3) is 3.02. The number of furan rings is 1. The predicted molar refractivity (Wildman–Crippen MR) is 97.4 cm³/mol. The van der Waals surface area contributed by atoms with Gasteiger partial charge in [0.05, 0.1) is 23.9 Å². The van der Waals surface area contributed by atoms with Gasteiger partial charge in [-0.1, -0.05) is 36.4 Å². The van der Waals surface area contributed by atoms with Gasteiger partial charge in [-0.25, -0.2) is 0 Å². The van der Waals surface area contributed by atoms with Gasteiger partial charge in [0.1, 0.15) is 5.76 Å². The van der Waals surface area contributed by atoms with Crippen LogP contribution in [0.15, 0.2) is 89.7 Å². The van der Waals surface area contributed by atoms with Crippen molar-refractivity contribution in [2.24, 2.45) is 0 Å². The van der Waals surface area contributed by atoms with E-state index >= 15 is 0 Å². The van der Waals surface area contributed by atoms with E-state index in [0.29, 0.717) is 12.1 Å². The van der Waals surface area contributed by atoms with Crippen LogP contribution in [-0.2, 0) is 6.54 Å². The summed E-state index contributed by atoms with van der Waals surface area (Å²) >= 11 is 0. The maximum atomic E-state index is 13.3. The van der Waals surface area contributed by atoms with E-state index < -0.39 is 0 Å². The first-order chi connectivity index (χ1) is 12.3. The van der Waals surface area contributed by atoms with Gasteiger partial charge < -0.3 is 9.32 Å². The SMILES string of the molecule is O=C(c1ccnc2ccccc12)N(Cc1ccco1)c1ccccc1. The van der Waals surface area contributed by atoms with Crippen LogP contribution in [-0.4, -0.2) is 10.9 Å². The standard InChI is InChI=1S/C21H16N2O2/c24-21(19-12-13-22-20-11-5-4-10-18(19)20)23(15-17-9-6-14-25-17)16-7-2-1-3-8-16/h1-14H,15H2. The lowest BCUT2D eigenvalue weighted by molar-refractivity contribution is 0.0985. The van der Waals surface area contributed by atoms with E-state index in [1.807, 2.05) is 66.7 Å². The Kier molecular flexibility index (Phi) is 4.01. The van der Waals surface area contributed by atoms with Crippen LogP contribution in [0.2, 0.25) is 0 Å². The van der Waals surface area contributed by atoms with Crippen molar-refractivity contribution in [1.82, 2.24) is 4.98 Å². The largest absolute Gasteiger partial charge is 0.467 e. The van der Waals surface area contributed by atoms with Crippen molar-refractivity contribution in [3.05, 3.63) is 96.6 Å². The summed E-state index contributed by atoms with van der Waals surface area (Å²) < 4.78 is 5.45. The number of hydrogen-bond acceptors (Lipinski definition) is 3. The van der Waals surface area contributed by atoms with E-state index in [1.165, 1.54) is 0 Å². The molecule has 0 aliphatic carbocycles. The van der Waals surface area contributed by atoms with Crippen LogP contribution < -0.4 is 4.90 Å². The Morgan fingerprint density at radius 2 is 1.72 bits per heavy atom. The Balaban J connectivity index is 1.79. The fourth-order valence-electron chi connectivity index (χ4n) is 2.87. The average molecular weight is 328 g/mol. The lowest BCUT2D eigenvalue weighted by atomic mass is 10.1. The molecule has 122 valence electrons. The zero-order valence-electron chi connectivity index (χ0n) is 13.5. The van der Waals surface area contributed by atoms with Gasteiger partial charge >= 0.3 is 0 Å². The molecule has 0 spiro atoms. The molecule has 0 fully saturated rings. The highest BCUT2D eigenvalue weighted by molar-refractivity contribution is 6.13. The van der Waals surface area contributed by atoms with E-state index in [4.69, 9.17) is 4.42 Å². The number of pyridine rings is 1. The van der Waals surface area contributed by atoms with Crippen molar-refractivity contribution in [2.75, 3.05) is 4.90 Å². The lowest BCUT2D eigenvalue weighted by Crippen LogP contribution is -2.30. The van der Waals surface area contributed by atoms with E-state index in [2.05, 4.69) is 4.98 Å². The fraction of sp³-hybridized carbons (Fsp3) is 0.0476. The number of aromatic nitrogens is 1. The monoisotopic (exact) mass is 328 g/mol. The van der Waals surface area contributed by atoms with E-state index in [0.717, 1.165) is 22.4 Å². The molecule has 2 aromatic carbocycles. The van der Waals surface area contributed by atoms with Crippen molar-refractivity contribution >= 4 is 22.5 Å². The molecule has 0 radical (unpaired) electrons. The number of nitrogens with zero attached hydrogens (tertiary/aromatic N) is 2. The highest BCUT2D eigenvalue weighted by Crippen LogP contribution is 2.23. The normalized spacial score (nSPS) is 10.7. The predicted octanol–water partition coefficient (Wildman–Crippen LogP) is 4.67. The molecule has 0 saturated carbocycles. The average Bonchev–Trinajstić information content (AvgIpc) is 3.19. The van der Waals surface area contributed by atoms with Gasteiger partial charge in [-0.2, -0.15) is 0 Å².